The molecule has 2 aromatic carbocycles. The van der Waals surface area contributed by atoms with Gasteiger partial charge in [-0.25, -0.2) is 9.29 Å². The van der Waals surface area contributed by atoms with E-state index in [2.05, 4.69) is 5.32 Å². The van der Waals surface area contributed by atoms with Crippen LogP contribution in [-0.4, -0.2) is 35.0 Å². The average molecular weight is 406 g/mol. The smallest absolute Gasteiger partial charge is 0.240 e. The second-order valence-corrected chi connectivity index (χ2v) is 8.42. The standard InChI is InChI=1S/C23H19FN2O4/c1-11(2)18-16-17(22(30)26(21(16)29)13-9-7-12(24)8-10-13)23(25-18)19(27)14-5-3-4-6-15(14)20(23)28/h3-11,16-18,25H,1-2H3/t16-,17+,18+/m0/s1. The molecule has 2 amide bonds. The molecule has 0 unspecified atom stereocenters. The maximum absolute atomic E-state index is 13.5. The lowest BCUT2D eigenvalue weighted by atomic mass is 9.76. The van der Waals surface area contributed by atoms with Crippen molar-refractivity contribution in [1.82, 2.24) is 5.32 Å². The van der Waals surface area contributed by atoms with Crippen molar-refractivity contribution in [1.29, 1.82) is 0 Å². The summed E-state index contributed by atoms with van der Waals surface area (Å²) in [7, 11) is 0. The summed E-state index contributed by atoms with van der Waals surface area (Å²) in [6.45, 7) is 3.76. The van der Waals surface area contributed by atoms with Crippen LogP contribution in [0.2, 0.25) is 0 Å². The van der Waals surface area contributed by atoms with E-state index in [1.54, 1.807) is 24.3 Å². The van der Waals surface area contributed by atoms with Crippen LogP contribution < -0.4 is 10.2 Å². The Balaban J connectivity index is 1.67. The van der Waals surface area contributed by atoms with Crippen LogP contribution >= 0.6 is 0 Å². The third-order valence-electron chi connectivity index (χ3n) is 6.53. The number of ketones is 2. The van der Waals surface area contributed by atoms with Crippen LogP contribution in [0.1, 0.15) is 34.6 Å². The van der Waals surface area contributed by atoms with Crippen molar-refractivity contribution in [3.8, 4) is 0 Å². The van der Waals surface area contributed by atoms with Gasteiger partial charge in [-0.15, -0.1) is 0 Å². The first-order valence-electron chi connectivity index (χ1n) is 9.88. The number of hydrogen-bond donors (Lipinski definition) is 1. The fourth-order valence-corrected chi connectivity index (χ4v) is 5.20. The van der Waals surface area contributed by atoms with Crippen molar-refractivity contribution in [2.45, 2.75) is 25.4 Å². The van der Waals surface area contributed by atoms with Gasteiger partial charge in [-0.2, -0.15) is 0 Å². The van der Waals surface area contributed by atoms with E-state index < -0.39 is 52.6 Å². The molecule has 1 spiro atoms. The van der Waals surface area contributed by atoms with Crippen LogP contribution in [0.4, 0.5) is 10.1 Å². The highest BCUT2D eigenvalue weighted by molar-refractivity contribution is 6.37. The number of rotatable bonds is 2. The van der Waals surface area contributed by atoms with Gasteiger partial charge in [0.2, 0.25) is 11.8 Å². The lowest BCUT2D eigenvalue weighted by Gasteiger charge is -2.29. The van der Waals surface area contributed by atoms with Gasteiger partial charge in [0.25, 0.3) is 0 Å². The third kappa shape index (κ3) is 2.15. The highest BCUT2D eigenvalue weighted by Gasteiger charge is 2.73. The topological polar surface area (TPSA) is 83.6 Å². The van der Waals surface area contributed by atoms with E-state index in [0.29, 0.717) is 0 Å². The number of Topliss-reactive ketones (excluding diaryl/α,β-unsaturated/α-hetero) is 2. The number of benzene rings is 2. The van der Waals surface area contributed by atoms with Crippen molar-refractivity contribution < 1.29 is 23.6 Å². The van der Waals surface area contributed by atoms with Gasteiger partial charge < -0.3 is 0 Å². The summed E-state index contributed by atoms with van der Waals surface area (Å²) in [6.07, 6.45) is 0. The first-order valence-corrected chi connectivity index (χ1v) is 9.88. The number of amides is 2. The number of anilines is 1. The second-order valence-electron chi connectivity index (χ2n) is 8.42. The molecule has 1 aliphatic carbocycles. The summed E-state index contributed by atoms with van der Waals surface area (Å²) in [6, 6.07) is 11.0. The maximum atomic E-state index is 13.5. The number of hydrogen-bond acceptors (Lipinski definition) is 5. The van der Waals surface area contributed by atoms with E-state index >= 15 is 0 Å². The SMILES string of the molecule is CC(C)[C@H]1NC2(C(=O)c3ccccc3C2=O)[C@H]2C(=O)N(c3ccc(F)cc3)C(=O)[C@H]12. The third-order valence-corrected chi connectivity index (χ3v) is 6.53. The Labute approximate surface area is 172 Å². The fourth-order valence-electron chi connectivity index (χ4n) is 5.20. The summed E-state index contributed by atoms with van der Waals surface area (Å²) in [5.74, 6) is -4.62. The minimum Gasteiger partial charge on any atom is -0.294 e. The monoisotopic (exact) mass is 406 g/mol. The highest BCUT2D eigenvalue weighted by Crippen LogP contribution is 2.50. The molecule has 5 rings (SSSR count). The van der Waals surface area contributed by atoms with Gasteiger partial charge in [0.1, 0.15) is 5.82 Å². The molecule has 30 heavy (non-hydrogen) atoms. The predicted molar refractivity (Wildman–Crippen MR) is 105 cm³/mol. The molecule has 3 atom stereocenters. The molecule has 0 aromatic heterocycles. The van der Waals surface area contributed by atoms with E-state index in [4.69, 9.17) is 0 Å². The summed E-state index contributed by atoms with van der Waals surface area (Å²) in [4.78, 5) is 54.8. The number of fused-ring (bicyclic) bond motifs is 3. The zero-order chi connectivity index (χ0) is 21.4. The van der Waals surface area contributed by atoms with Crippen LogP contribution in [0.15, 0.2) is 48.5 Å². The normalized spacial score (nSPS) is 26.8. The zero-order valence-corrected chi connectivity index (χ0v) is 16.4. The Hall–Kier alpha value is -3.19. The molecular weight excluding hydrogens is 387 g/mol. The minimum atomic E-state index is -1.79. The van der Waals surface area contributed by atoms with E-state index in [1.165, 1.54) is 24.3 Å². The molecule has 0 saturated carbocycles. The highest BCUT2D eigenvalue weighted by atomic mass is 19.1. The Bertz CT molecular complexity index is 1090. The van der Waals surface area contributed by atoms with Crippen molar-refractivity contribution >= 4 is 29.1 Å². The van der Waals surface area contributed by atoms with E-state index in [-0.39, 0.29) is 22.7 Å². The molecule has 2 heterocycles. The first-order chi connectivity index (χ1) is 14.3. The predicted octanol–water partition coefficient (Wildman–Crippen LogP) is 2.38. The van der Waals surface area contributed by atoms with Crippen LogP contribution in [0.3, 0.4) is 0 Å². The zero-order valence-electron chi connectivity index (χ0n) is 16.4. The average Bonchev–Trinajstić information content (AvgIpc) is 3.29. The molecule has 0 radical (unpaired) electrons. The van der Waals surface area contributed by atoms with Gasteiger partial charge >= 0.3 is 0 Å². The number of nitrogens with zero attached hydrogens (tertiary/aromatic N) is 1. The molecule has 2 saturated heterocycles. The lowest BCUT2D eigenvalue weighted by molar-refractivity contribution is -0.123. The van der Waals surface area contributed by atoms with Gasteiger partial charge in [0, 0.05) is 17.2 Å². The quantitative estimate of drug-likeness (QED) is 0.612. The molecule has 0 bridgehead atoms. The van der Waals surface area contributed by atoms with Gasteiger partial charge in [-0.3, -0.25) is 24.5 Å². The molecule has 3 aliphatic rings. The van der Waals surface area contributed by atoms with Crippen LogP contribution in [0.5, 0.6) is 0 Å². The fraction of sp³-hybridized carbons (Fsp3) is 0.304. The van der Waals surface area contributed by atoms with Crippen molar-refractivity contribution in [3.63, 3.8) is 0 Å². The molecule has 2 aliphatic heterocycles. The molecular formula is C23H19FN2O4. The maximum Gasteiger partial charge on any atom is 0.240 e. The largest absolute Gasteiger partial charge is 0.294 e. The van der Waals surface area contributed by atoms with Crippen molar-refractivity contribution in [2.24, 2.45) is 17.8 Å². The number of imide groups is 1. The van der Waals surface area contributed by atoms with Crippen LogP contribution in [-0.2, 0) is 9.59 Å². The first kappa shape index (κ1) is 18.8. The molecule has 7 heteroatoms. The van der Waals surface area contributed by atoms with Crippen LogP contribution in [0.25, 0.3) is 0 Å². The van der Waals surface area contributed by atoms with E-state index in [9.17, 15) is 23.6 Å². The van der Waals surface area contributed by atoms with E-state index in [1.807, 2.05) is 13.8 Å². The lowest BCUT2D eigenvalue weighted by Crippen LogP contribution is -2.59. The summed E-state index contributed by atoms with van der Waals surface area (Å²) in [5, 5.41) is 3.13. The number of carbonyl (C=O) groups is 4. The van der Waals surface area contributed by atoms with Gasteiger partial charge in [0.05, 0.1) is 17.5 Å². The molecule has 2 fully saturated rings. The number of nitrogens with one attached hydrogen (secondary N) is 1. The Morgan fingerprint density at radius 2 is 1.47 bits per heavy atom. The minimum absolute atomic E-state index is 0.105. The van der Waals surface area contributed by atoms with E-state index in [0.717, 1.165) is 4.90 Å². The Kier molecular flexibility index (Phi) is 3.86. The van der Waals surface area contributed by atoms with Gasteiger partial charge in [-0.1, -0.05) is 38.1 Å². The Morgan fingerprint density at radius 3 is 2.00 bits per heavy atom. The van der Waals surface area contributed by atoms with Crippen molar-refractivity contribution in [2.75, 3.05) is 4.90 Å². The van der Waals surface area contributed by atoms with Crippen LogP contribution in [0, 0.1) is 23.6 Å². The molecule has 152 valence electrons. The summed E-state index contributed by atoms with van der Waals surface area (Å²) < 4.78 is 13.4. The number of halogens is 1. The Morgan fingerprint density at radius 1 is 0.900 bits per heavy atom. The van der Waals surface area contributed by atoms with Crippen molar-refractivity contribution in [3.05, 3.63) is 65.5 Å². The summed E-state index contributed by atoms with van der Waals surface area (Å²) in [5.41, 5.74) is -1.03. The van der Waals surface area contributed by atoms with Gasteiger partial charge in [-0.05, 0) is 30.2 Å². The summed E-state index contributed by atoms with van der Waals surface area (Å²) >= 11 is 0. The molecule has 2 aromatic rings. The molecule has 1 N–H and O–H groups in total. The second kappa shape index (κ2) is 6.15. The molecule has 6 nitrogen and oxygen atoms in total. The van der Waals surface area contributed by atoms with Gasteiger partial charge in [0.15, 0.2) is 17.1 Å². The number of carbonyl (C=O) groups excluding carboxylic acids is 4.